The summed E-state index contributed by atoms with van der Waals surface area (Å²) < 4.78 is 10.2. The Kier molecular flexibility index (Phi) is 12.6. The number of alkyl carbamates (subject to hydrolysis) is 1. The fourth-order valence-corrected chi connectivity index (χ4v) is 3.59. The van der Waals surface area contributed by atoms with E-state index in [2.05, 4.69) is 17.2 Å². The fraction of sp³-hybridized carbons (Fsp3) is 0.556. The van der Waals surface area contributed by atoms with E-state index in [0.717, 1.165) is 0 Å². The van der Waals surface area contributed by atoms with Crippen LogP contribution in [-0.4, -0.2) is 65.2 Å². The zero-order valence-corrected chi connectivity index (χ0v) is 22.7. The zero-order valence-electron chi connectivity index (χ0n) is 22.7. The van der Waals surface area contributed by atoms with E-state index in [-0.39, 0.29) is 37.8 Å². The molecule has 0 spiro atoms. The Morgan fingerprint density at radius 3 is 2.41 bits per heavy atom. The Hall–Kier alpha value is -3.56. The molecule has 1 aromatic rings. The number of nitrogens with zero attached hydrogens (tertiary/aromatic N) is 1. The van der Waals surface area contributed by atoms with Crippen molar-refractivity contribution >= 4 is 23.9 Å². The van der Waals surface area contributed by atoms with E-state index in [1.807, 2.05) is 13.8 Å². The number of phenols is 1. The number of amides is 3. The van der Waals surface area contributed by atoms with Gasteiger partial charge in [-0.1, -0.05) is 32.1 Å². The molecule has 0 bridgehead atoms. The van der Waals surface area contributed by atoms with Gasteiger partial charge in [-0.2, -0.15) is 0 Å². The summed E-state index contributed by atoms with van der Waals surface area (Å²) in [4.78, 5) is 52.7. The second-order valence-electron chi connectivity index (χ2n) is 9.95. The quantitative estimate of drug-likeness (QED) is 0.268. The molecule has 0 fully saturated rings. The molecule has 2 atom stereocenters. The van der Waals surface area contributed by atoms with Gasteiger partial charge in [0.1, 0.15) is 23.4 Å². The third-order valence-electron chi connectivity index (χ3n) is 4.98. The van der Waals surface area contributed by atoms with Gasteiger partial charge in [0.05, 0.1) is 13.0 Å². The van der Waals surface area contributed by atoms with Crippen LogP contribution < -0.4 is 10.6 Å². The molecular weight excluding hydrogens is 478 g/mol. The second-order valence-corrected chi connectivity index (χ2v) is 9.95. The summed E-state index contributed by atoms with van der Waals surface area (Å²) in [6, 6.07) is 3.85. The molecule has 3 N–H and O–H groups in total. The lowest BCUT2D eigenvalue weighted by molar-refractivity contribution is -0.144. The van der Waals surface area contributed by atoms with Crippen LogP contribution in [0.25, 0.3) is 0 Å². The molecule has 206 valence electrons. The predicted octanol–water partition coefficient (Wildman–Crippen LogP) is 3.46. The molecule has 0 aliphatic heterocycles. The molecule has 1 rings (SSSR count). The van der Waals surface area contributed by atoms with Crippen LogP contribution in [0, 0.1) is 5.92 Å². The highest BCUT2D eigenvalue weighted by Crippen LogP contribution is 2.26. The van der Waals surface area contributed by atoms with E-state index in [9.17, 15) is 24.3 Å². The van der Waals surface area contributed by atoms with Crippen LogP contribution in [0.1, 0.15) is 66.0 Å². The highest BCUT2D eigenvalue weighted by molar-refractivity contribution is 5.92. The summed E-state index contributed by atoms with van der Waals surface area (Å²) in [5, 5.41) is 15.4. The van der Waals surface area contributed by atoms with E-state index < -0.39 is 41.6 Å². The number of rotatable bonds is 13. The Bertz CT molecular complexity index is 940. The summed E-state index contributed by atoms with van der Waals surface area (Å²) in [6.45, 7) is 14.6. The molecule has 0 aromatic heterocycles. The molecule has 0 heterocycles. The van der Waals surface area contributed by atoms with Gasteiger partial charge in [0.25, 0.3) is 0 Å². The van der Waals surface area contributed by atoms with Crippen molar-refractivity contribution in [3.63, 3.8) is 0 Å². The lowest BCUT2D eigenvalue weighted by Crippen LogP contribution is -2.53. The van der Waals surface area contributed by atoms with Gasteiger partial charge in [-0.15, -0.1) is 6.58 Å². The van der Waals surface area contributed by atoms with Crippen molar-refractivity contribution in [2.24, 2.45) is 5.92 Å². The molecule has 0 aliphatic carbocycles. The Labute approximate surface area is 219 Å². The number of phenolic OH excluding ortho intramolecular Hbond substituents is 1. The van der Waals surface area contributed by atoms with Crippen molar-refractivity contribution in [1.82, 2.24) is 15.5 Å². The van der Waals surface area contributed by atoms with Crippen molar-refractivity contribution in [2.75, 3.05) is 19.7 Å². The zero-order chi connectivity index (χ0) is 28.2. The van der Waals surface area contributed by atoms with Crippen LogP contribution in [0.3, 0.4) is 0 Å². The van der Waals surface area contributed by atoms with Crippen molar-refractivity contribution in [3.8, 4) is 5.75 Å². The molecule has 0 aliphatic rings. The predicted molar refractivity (Wildman–Crippen MR) is 140 cm³/mol. The maximum atomic E-state index is 13.8. The van der Waals surface area contributed by atoms with Crippen LogP contribution >= 0.6 is 0 Å². The molecule has 0 saturated heterocycles. The van der Waals surface area contributed by atoms with Crippen molar-refractivity contribution < 1.29 is 33.8 Å². The molecule has 10 heteroatoms. The van der Waals surface area contributed by atoms with Gasteiger partial charge < -0.3 is 30.1 Å². The smallest absolute Gasteiger partial charge is 0.408 e. The lowest BCUT2D eigenvalue weighted by Gasteiger charge is -2.34. The SMILES string of the molecule is C=CCN(C(=O)C(CC(C)C)NC(=O)OC(C)(C)C)C(C(=O)NCCC(=O)OCC)c1cccc(O)c1. The topological polar surface area (TPSA) is 134 Å². The first-order chi connectivity index (χ1) is 17.3. The number of aromatic hydroxyl groups is 1. The van der Waals surface area contributed by atoms with Gasteiger partial charge in [0, 0.05) is 13.1 Å². The van der Waals surface area contributed by atoms with Crippen LogP contribution in [0.5, 0.6) is 5.75 Å². The first kappa shape index (κ1) is 31.5. The van der Waals surface area contributed by atoms with Crippen molar-refractivity contribution in [3.05, 3.63) is 42.5 Å². The molecule has 3 amide bonds. The summed E-state index contributed by atoms with van der Waals surface area (Å²) in [5.74, 6) is -1.60. The maximum absolute atomic E-state index is 13.8. The number of carbonyl (C=O) groups is 4. The highest BCUT2D eigenvalue weighted by Gasteiger charge is 2.36. The third kappa shape index (κ3) is 11.4. The summed E-state index contributed by atoms with van der Waals surface area (Å²) in [6.07, 6.45) is 0.971. The molecule has 10 nitrogen and oxygen atoms in total. The molecule has 2 unspecified atom stereocenters. The highest BCUT2D eigenvalue weighted by atomic mass is 16.6. The average Bonchev–Trinajstić information content (AvgIpc) is 2.76. The van der Waals surface area contributed by atoms with Crippen LogP contribution in [0.15, 0.2) is 36.9 Å². The van der Waals surface area contributed by atoms with Gasteiger partial charge in [0.2, 0.25) is 11.8 Å². The van der Waals surface area contributed by atoms with E-state index in [1.54, 1.807) is 39.8 Å². The van der Waals surface area contributed by atoms with Gasteiger partial charge in [0.15, 0.2) is 0 Å². The van der Waals surface area contributed by atoms with E-state index >= 15 is 0 Å². The number of nitrogens with one attached hydrogen (secondary N) is 2. The Balaban J connectivity index is 3.35. The third-order valence-corrected chi connectivity index (χ3v) is 4.98. The van der Waals surface area contributed by atoms with Gasteiger partial charge in [-0.25, -0.2) is 4.79 Å². The normalized spacial score (nSPS) is 12.7. The summed E-state index contributed by atoms with van der Waals surface area (Å²) >= 11 is 0. The number of carbonyl (C=O) groups excluding carboxylic acids is 4. The minimum atomic E-state index is -1.17. The summed E-state index contributed by atoms with van der Waals surface area (Å²) in [5.41, 5.74) is -0.413. The van der Waals surface area contributed by atoms with Crippen LogP contribution in [-0.2, 0) is 23.9 Å². The fourth-order valence-electron chi connectivity index (χ4n) is 3.59. The number of hydrogen-bond acceptors (Lipinski definition) is 7. The monoisotopic (exact) mass is 519 g/mol. The minimum absolute atomic E-state index is 0.00527. The van der Waals surface area contributed by atoms with Gasteiger partial charge in [-0.05, 0) is 57.7 Å². The van der Waals surface area contributed by atoms with Gasteiger partial charge in [-0.3, -0.25) is 14.4 Å². The largest absolute Gasteiger partial charge is 0.508 e. The van der Waals surface area contributed by atoms with Crippen molar-refractivity contribution in [1.29, 1.82) is 0 Å². The number of esters is 1. The average molecular weight is 520 g/mol. The first-order valence-electron chi connectivity index (χ1n) is 12.4. The van der Waals surface area contributed by atoms with E-state index in [4.69, 9.17) is 9.47 Å². The molecular formula is C27H41N3O7. The maximum Gasteiger partial charge on any atom is 0.408 e. The number of hydrogen-bond donors (Lipinski definition) is 3. The Morgan fingerprint density at radius 2 is 1.86 bits per heavy atom. The lowest BCUT2D eigenvalue weighted by atomic mass is 9.99. The van der Waals surface area contributed by atoms with E-state index in [1.165, 1.54) is 23.1 Å². The molecule has 0 radical (unpaired) electrons. The first-order valence-corrected chi connectivity index (χ1v) is 12.4. The minimum Gasteiger partial charge on any atom is -0.508 e. The van der Waals surface area contributed by atoms with E-state index in [0.29, 0.717) is 12.0 Å². The van der Waals surface area contributed by atoms with Gasteiger partial charge >= 0.3 is 12.1 Å². The second kappa shape index (κ2) is 14.9. The molecule has 37 heavy (non-hydrogen) atoms. The Morgan fingerprint density at radius 1 is 1.19 bits per heavy atom. The number of ether oxygens (including phenoxy) is 2. The standard InChI is InChI=1S/C27H41N3O7/c1-8-15-30(25(34)21(16-18(3)4)29-26(35)37-27(5,6)7)23(19-11-10-12-20(31)17-19)24(33)28-14-13-22(32)36-9-2/h8,10-12,17-18,21,23,31H,1,9,13-16H2,2-7H3,(H,28,33)(H,29,35). The van der Waals surface area contributed by atoms with Crippen LogP contribution in [0.4, 0.5) is 4.79 Å². The molecule has 0 saturated carbocycles. The van der Waals surface area contributed by atoms with Crippen molar-refractivity contribution in [2.45, 2.75) is 72.1 Å². The number of benzene rings is 1. The van der Waals surface area contributed by atoms with Crippen LogP contribution in [0.2, 0.25) is 0 Å². The summed E-state index contributed by atoms with van der Waals surface area (Å²) in [7, 11) is 0. The molecule has 1 aromatic carbocycles.